The van der Waals surface area contributed by atoms with Gasteiger partial charge < -0.3 is 19.5 Å². The molecule has 2 saturated carbocycles. The van der Waals surface area contributed by atoms with Crippen LogP contribution < -0.4 is 10.1 Å². The van der Waals surface area contributed by atoms with E-state index in [1.807, 2.05) is 6.07 Å². The number of para-hydroxylation sites is 1. The predicted molar refractivity (Wildman–Crippen MR) is 114 cm³/mol. The highest BCUT2D eigenvalue weighted by atomic mass is 16.6. The number of hydrogen-bond donors (Lipinski definition) is 1. The van der Waals surface area contributed by atoms with Crippen LogP contribution in [0.3, 0.4) is 0 Å². The van der Waals surface area contributed by atoms with Crippen molar-refractivity contribution >= 4 is 6.09 Å². The van der Waals surface area contributed by atoms with Gasteiger partial charge in [-0.05, 0) is 44.1 Å². The highest BCUT2D eigenvalue weighted by Crippen LogP contribution is 2.63. The first-order chi connectivity index (χ1) is 14.4. The van der Waals surface area contributed by atoms with Crippen molar-refractivity contribution < 1.29 is 19.0 Å². The highest BCUT2D eigenvalue weighted by Gasteiger charge is 2.64. The zero-order chi connectivity index (χ0) is 20.9. The van der Waals surface area contributed by atoms with E-state index in [-0.39, 0.29) is 35.2 Å². The molecule has 1 saturated heterocycles. The van der Waals surface area contributed by atoms with Gasteiger partial charge >= 0.3 is 6.09 Å². The van der Waals surface area contributed by atoms with Crippen molar-refractivity contribution in [1.29, 1.82) is 0 Å². The largest absolute Gasteiger partial charge is 0.487 e. The molecule has 0 unspecified atom stereocenters. The van der Waals surface area contributed by atoms with Gasteiger partial charge in [0.15, 0.2) is 0 Å². The Hall–Kier alpha value is -1.75. The summed E-state index contributed by atoms with van der Waals surface area (Å²) in [5.74, 6) is 1.88. The summed E-state index contributed by atoms with van der Waals surface area (Å²) in [5, 5.41) is 3.09. The summed E-state index contributed by atoms with van der Waals surface area (Å²) >= 11 is 0. The van der Waals surface area contributed by atoms with Crippen LogP contribution in [-0.4, -0.2) is 30.9 Å². The Labute approximate surface area is 179 Å². The number of carbonyl (C=O) groups excluding carboxylic acids is 1. The molecule has 3 fully saturated rings. The van der Waals surface area contributed by atoms with Crippen LogP contribution >= 0.6 is 0 Å². The van der Waals surface area contributed by atoms with Crippen molar-refractivity contribution in [3.63, 3.8) is 0 Å². The minimum Gasteiger partial charge on any atom is -0.487 e. The average molecular weight is 414 g/mol. The van der Waals surface area contributed by atoms with E-state index in [2.05, 4.69) is 44.3 Å². The highest BCUT2D eigenvalue weighted by molar-refractivity contribution is 5.67. The van der Waals surface area contributed by atoms with Crippen molar-refractivity contribution in [3.05, 3.63) is 29.8 Å². The Morgan fingerprint density at radius 3 is 2.77 bits per heavy atom. The van der Waals surface area contributed by atoms with Crippen molar-refractivity contribution in [1.82, 2.24) is 5.32 Å². The first-order valence-electron chi connectivity index (χ1n) is 11.8. The number of hydrogen-bond acceptors (Lipinski definition) is 4. The van der Waals surface area contributed by atoms with Crippen molar-refractivity contribution in [3.8, 4) is 5.75 Å². The maximum absolute atomic E-state index is 12.5. The molecule has 0 spiro atoms. The average Bonchev–Trinajstić information content (AvgIpc) is 2.73. The van der Waals surface area contributed by atoms with E-state index in [0.717, 1.165) is 30.6 Å². The van der Waals surface area contributed by atoms with Gasteiger partial charge in [0, 0.05) is 22.9 Å². The summed E-state index contributed by atoms with van der Waals surface area (Å²) in [4.78, 5) is 12.5. The Morgan fingerprint density at radius 2 is 1.97 bits per heavy atom. The van der Waals surface area contributed by atoms with Gasteiger partial charge in [0.1, 0.15) is 18.0 Å². The van der Waals surface area contributed by atoms with Crippen LogP contribution in [0, 0.1) is 23.2 Å². The number of rotatable bonds is 3. The lowest BCUT2D eigenvalue weighted by molar-refractivity contribution is -0.259. The molecule has 2 bridgehead atoms. The predicted octanol–water partition coefficient (Wildman–Crippen LogP) is 5.25. The number of carbonyl (C=O) groups is 1. The first-order valence-corrected chi connectivity index (χ1v) is 11.8. The molecule has 5 heteroatoms. The van der Waals surface area contributed by atoms with E-state index >= 15 is 0 Å². The van der Waals surface area contributed by atoms with Gasteiger partial charge in [-0.2, -0.15) is 0 Å². The third-order valence-corrected chi connectivity index (χ3v) is 8.67. The van der Waals surface area contributed by atoms with Gasteiger partial charge in [0.25, 0.3) is 0 Å². The van der Waals surface area contributed by atoms with E-state index in [4.69, 9.17) is 14.2 Å². The number of nitrogens with one attached hydrogen (secondary N) is 1. The minimum atomic E-state index is -0.267. The van der Waals surface area contributed by atoms with Gasteiger partial charge in [-0.1, -0.05) is 51.3 Å². The topological polar surface area (TPSA) is 56.8 Å². The summed E-state index contributed by atoms with van der Waals surface area (Å²) < 4.78 is 19.0. The van der Waals surface area contributed by atoms with Gasteiger partial charge in [0.2, 0.25) is 0 Å². The molecular formula is C25H35NO4. The van der Waals surface area contributed by atoms with E-state index in [0.29, 0.717) is 25.0 Å². The molecule has 4 aliphatic rings. The normalized spacial score (nSPS) is 40.1. The van der Waals surface area contributed by atoms with Crippen LogP contribution in [0.5, 0.6) is 5.75 Å². The Morgan fingerprint density at radius 1 is 1.20 bits per heavy atom. The molecule has 0 aromatic heterocycles. The van der Waals surface area contributed by atoms with E-state index in [1.54, 1.807) is 0 Å². The fourth-order valence-corrected chi connectivity index (χ4v) is 6.91. The molecule has 2 aliphatic heterocycles. The van der Waals surface area contributed by atoms with Crippen LogP contribution in [0.15, 0.2) is 24.3 Å². The zero-order valence-electron chi connectivity index (χ0n) is 18.5. The maximum Gasteiger partial charge on any atom is 0.407 e. The monoisotopic (exact) mass is 413 g/mol. The standard InChI is InChI=1S/C25H35NO4/c1-16-13-24(3)21-17(2)25(16,15-29-23(27)26-18-9-5-4-6-10-18)14-28-22(21)19-11-7-8-12-20(19)30-24/h7-8,11-12,16-18,21-22H,4-6,9-10,13-15H2,1-3H3,(H,26,27)/t16-,17-,21-,22+,24+,25+/m0/s1. The summed E-state index contributed by atoms with van der Waals surface area (Å²) in [6.45, 7) is 7.86. The number of alkyl carbamates (subject to hydrolysis) is 1. The number of ether oxygens (including phenoxy) is 3. The lowest BCUT2D eigenvalue weighted by Gasteiger charge is -2.63. The lowest BCUT2D eigenvalue weighted by atomic mass is 9.50. The molecule has 1 aromatic carbocycles. The van der Waals surface area contributed by atoms with E-state index in [9.17, 15) is 4.79 Å². The number of amides is 1. The molecular weight excluding hydrogens is 378 g/mol. The van der Waals surface area contributed by atoms with Crippen LogP contribution in [0.1, 0.15) is 71.0 Å². The van der Waals surface area contributed by atoms with Gasteiger partial charge in [-0.3, -0.25) is 0 Å². The summed E-state index contributed by atoms with van der Waals surface area (Å²) in [6, 6.07) is 8.55. The molecule has 1 amide bonds. The first kappa shape index (κ1) is 20.2. The Bertz CT molecular complexity index is 806. The van der Waals surface area contributed by atoms with Crippen LogP contribution in [0.25, 0.3) is 0 Å². The SMILES string of the molecule is C[C@H]1C[C@@]2(C)Oc3ccccc3[C@H]3OC[C@]1(COC(=O)NC1CCCCC1)[C@@H](C)[C@@H]32. The summed E-state index contributed by atoms with van der Waals surface area (Å²) in [7, 11) is 0. The molecule has 6 atom stereocenters. The molecule has 2 heterocycles. The summed E-state index contributed by atoms with van der Waals surface area (Å²) in [5.41, 5.74) is 0.734. The summed E-state index contributed by atoms with van der Waals surface area (Å²) in [6.07, 6.45) is 6.52. The number of fused-ring (bicyclic) bond motifs is 3. The zero-order valence-corrected chi connectivity index (χ0v) is 18.5. The van der Waals surface area contributed by atoms with Crippen molar-refractivity contribution in [2.45, 2.75) is 77.0 Å². The Kier molecular flexibility index (Phi) is 5.00. The maximum atomic E-state index is 12.5. The molecule has 5 nitrogen and oxygen atoms in total. The molecule has 1 N–H and O–H groups in total. The lowest BCUT2D eigenvalue weighted by Crippen LogP contribution is -2.66. The third-order valence-electron chi connectivity index (χ3n) is 8.67. The van der Waals surface area contributed by atoms with Crippen molar-refractivity contribution in [2.75, 3.05) is 13.2 Å². The fourth-order valence-electron chi connectivity index (χ4n) is 6.91. The van der Waals surface area contributed by atoms with Crippen LogP contribution in [0.2, 0.25) is 0 Å². The minimum absolute atomic E-state index is 0.0478. The molecule has 1 aromatic rings. The van der Waals surface area contributed by atoms with Gasteiger partial charge in [0.05, 0.1) is 12.7 Å². The molecule has 5 rings (SSSR count). The smallest absolute Gasteiger partial charge is 0.407 e. The molecule has 164 valence electrons. The second-order valence-corrected chi connectivity index (χ2v) is 10.4. The van der Waals surface area contributed by atoms with Crippen LogP contribution in [-0.2, 0) is 9.47 Å². The van der Waals surface area contributed by atoms with Crippen molar-refractivity contribution in [2.24, 2.45) is 23.2 Å². The second kappa shape index (κ2) is 7.44. The molecule has 2 aliphatic carbocycles. The second-order valence-electron chi connectivity index (χ2n) is 10.4. The van der Waals surface area contributed by atoms with Crippen LogP contribution in [0.4, 0.5) is 4.79 Å². The van der Waals surface area contributed by atoms with E-state index < -0.39 is 0 Å². The molecule has 30 heavy (non-hydrogen) atoms. The fraction of sp³-hybridized carbons (Fsp3) is 0.720. The molecule has 0 radical (unpaired) electrons. The Balaban J connectivity index is 1.34. The van der Waals surface area contributed by atoms with Gasteiger partial charge in [-0.25, -0.2) is 4.79 Å². The quantitative estimate of drug-likeness (QED) is 0.736. The van der Waals surface area contributed by atoms with E-state index in [1.165, 1.54) is 19.3 Å². The number of benzene rings is 1. The third kappa shape index (κ3) is 3.12. The van der Waals surface area contributed by atoms with Gasteiger partial charge in [-0.15, -0.1) is 0 Å².